The zero-order valence-electron chi connectivity index (χ0n) is 14.9. The Bertz CT molecular complexity index is 860. The maximum absolute atomic E-state index is 4.71. The molecule has 3 aromatic rings. The van der Waals surface area contributed by atoms with Gasteiger partial charge in [0.05, 0.1) is 18.1 Å². The average molecular weight is 370 g/mol. The van der Waals surface area contributed by atoms with Crippen LogP contribution >= 0.6 is 11.3 Å². The summed E-state index contributed by atoms with van der Waals surface area (Å²) in [4.78, 5) is 19.0. The van der Waals surface area contributed by atoms with Crippen molar-refractivity contribution in [3.05, 3.63) is 40.8 Å². The average Bonchev–Trinajstić information content (AvgIpc) is 3.36. The van der Waals surface area contributed by atoms with Gasteiger partial charge in [-0.2, -0.15) is 0 Å². The standard InChI is InChI=1S/C17H22N8S/c1-3-16-23-24-17(26-16)22-15-7-13(20-11(2)21-15)14-5-4-6-25(14)9-12-8-18-10-19-12/h7-8,10,14H,3-6,9H2,1-2H3,(H,18,19)(H,20,21,22,24)/t14-/m1/s1. The number of rotatable bonds is 6. The molecule has 1 fully saturated rings. The molecule has 0 aliphatic carbocycles. The van der Waals surface area contributed by atoms with E-state index in [0.717, 1.165) is 59.1 Å². The molecule has 0 unspecified atom stereocenters. The number of imidazole rings is 1. The SMILES string of the molecule is CCc1nnc(Nc2cc([C@H]3CCCN3Cc3cnc[nH]3)nc(C)n2)s1. The largest absolute Gasteiger partial charge is 0.347 e. The highest BCUT2D eigenvalue weighted by molar-refractivity contribution is 7.15. The van der Waals surface area contributed by atoms with Crippen molar-refractivity contribution in [2.24, 2.45) is 0 Å². The molecule has 1 saturated heterocycles. The molecule has 8 nitrogen and oxygen atoms in total. The van der Waals surface area contributed by atoms with Crippen LogP contribution in [-0.2, 0) is 13.0 Å². The topological polar surface area (TPSA) is 95.5 Å². The summed E-state index contributed by atoms with van der Waals surface area (Å²) in [7, 11) is 0. The number of nitrogens with zero attached hydrogens (tertiary/aromatic N) is 6. The predicted octanol–water partition coefficient (Wildman–Crippen LogP) is 3.00. The minimum atomic E-state index is 0.293. The van der Waals surface area contributed by atoms with E-state index in [1.54, 1.807) is 17.7 Å². The minimum Gasteiger partial charge on any atom is -0.347 e. The van der Waals surface area contributed by atoms with E-state index in [9.17, 15) is 0 Å². The maximum atomic E-state index is 4.71. The van der Waals surface area contributed by atoms with Gasteiger partial charge in [0.1, 0.15) is 16.6 Å². The fraction of sp³-hybridized carbons (Fsp3) is 0.471. The van der Waals surface area contributed by atoms with E-state index in [4.69, 9.17) is 4.98 Å². The summed E-state index contributed by atoms with van der Waals surface area (Å²) in [5.74, 6) is 1.54. The van der Waals surface area contributed by atoms with E-state index >= 15 is 0 Å². The lowest BCUT2D eigenvalue weighted by Crippen LogP contribution is -2.24. The number of likely N-dealkylation sites (tertiary alicyclic amines) is 1. The van der Waals surface area contributed by atoms with Gasteiger partial charge >= 0.3 is 0 Å². The molecule has 0 amide bonds. The molecule has 4 heterocycles. The molecule has 0 bridgehead atoms. The number of aromatic nitrogens is 6. The van der Waals surface area contributed by atoms with Crippen molar-refractivity contribution in [1.29, 1.82) is 0 Å². The summed E-state index contributed by atoms with van der Waals surface area (Å²) in [6, 6.07) is 2.33. The Kier molecular flexibility index (Phi) is 4.89. The van der Waals surface area contributed by atoms with E-state index < -0.39 is 0 Å². The highest BCUT2D eigenvalue weighted by Gasteiger charge is 2.28. The van der Waals surface area contributed by atoms with Gasteiger partial charge in [-0.1, -0.05) is 18.3 Å². The third kappa shape index (κ3) is 3.73. The van der Waals surface area contributed by atoms with Gasteiger partial charge < -0.3 is 10.3 Å². The second-order valence-electron chi connectivity index (χ2n) is 6.41. The Balaban J connectivity index is 1.54. The number of nitrogens with one attached hydrogen (secondary N) is 2. The van der Waals surface area contributed by atoms with Gasteiger partial charge in [0.2, 0.25) is 5.13 Å². The first-order valence-corrected chi connectivity index (χ1v) is 9.69. The number of aryl methyl sites for hydroxylation is 2. The van der Waals surface area contributed by atoms with Crippen molar-refractivity contribution in [2.75, 3.05) is 11.9 Å². The number of hydrogen-bond donors (Lipinski definition) is 2. The normalized spacial score (nSPS) is 17.7. The molecule has 9 heteroatoms. The Labute approximate surface area is 156 Å². The molecule has 4 rings (SSSR count). The number of H-pyrrole nitrogens is 1. The van der Waals surface area contributed by atoms with Crippen molar-refractivity contribution < 1.29 is 0 Å². The van der Waals surface area contributed by atoms with Crippen molar-refractivity contribution in [2.45, 2.75) is 45.7 Å². The van der Waals surface area contributed by atoms with Crippen LogP contribution in [0, 0.1) is 6.92 Å². The summed E-state index contributed by atoms with van der Waals surface area (Å²) >= 11 is 1.56. The smallest absolute Gasteiger partial charge is 0.211 e. The van der Waals surface area contributed by atoms with Crippen LogP contribution in [0.15, 0.2) is 18.6 Å². The molecule has 26 heavy (non-hydrogen) atoms. The van der Waals surface area contributed by atoms with Gasteiger partial charge in [0.25, 0.3) is 0 Å². The molecule has 2 N–H and O–H groups in total. The molecular weight excluding hydrogens is 348 g/mol. The quantitative estimate of drug-likeness (QED) is 0.688. The Hall–Kier alpha value is -2.39. The third-order valence-corrected chi connectivity index (χ3v) is 5.48. The summed E-state index contributed by atoms with van der Waals surface area (Å²) in [5.41, 5.74) is 2.18. The number of hydrogen-bond acceptors (Lipinski definition) is 8. The lowest BCUT2D eigenvalue weighted by atomic mass is 10.1. The van der Waals surface area contributed by atoms with Crippen LogP contribution < -0.4 is 5.32 Å². The van der Waals surface area contributed by atoms with Gasteiger partial charge in [-0.15, -0.1) is 10.2 Å². The molecule has 1 aliphatic heterocycles. The van der Waals surface area contributed by atoms with E-state index in [1.807, 2.05) is 19.2 Å². The number of aromatic amines is 1. The van der Waals surface area contributed by atoms with Gasteiger partial charge in [-0.05, 0) is 32.7 Å². The molecule has 0 radical (unpaired) electrons. The Morgan fingerprint density at radius 2 is 2.27 bits per heavy atom. The first kappa shape index (κ1) is 17.0. The van der Waals surface area contributed by atoms with Crippen LogP contribution in [0.25, 0.3) is 0 Å². The first-order valence-electron chi connectivity index (χ1n) is 8.87. The van der Waals surface area contributed by atoms with Crippen molar-refractivity contribution in [1.82, 2.24) is 35.0 Å². The maximum Gasteiger partial charge on any atom is 0.211 e. The molecule has 1 aliphatic rings. The minimum absolute atomic E-state index is 0.293. The Morgan fingerprint density at radius 1 is 1.35 bits per heavy atom. The molecule has 1 atom stereocenters. The summed E-state index contributed by atoms with van der Waals surface area (Å²) in [6.07, 6.45) is 6.76. The molecule has 0 aromatic carbocycles. The molecular formula is C17H22N8S. The van der Waals surface area contributed by atoms with Crippen molar-refractivity contribution in [3.8, 4) is 0 Å². The second kappa shape index (κ2) is 7.46. The number of anilines is 2. The Morgan fingerprint density at radius 3 is 3.04 bits per heavy atom. The molecule has 3 aromatic heterocycles. The highest BCUT2D eigenvalue weighted by atomic mass is 32.1. The van der Waals surface area contributed by atoms with Crippen LogP contribution in [0.1, 0.15) is 48.0 Å². The van der Waals surface area contributed by atoms with Crippen LogP contribution in [0.4, 0.5) is 10.9 Å². The highest BCUT2D eigenvalue weighted by Crippen LogP contribution is 2.33. The molecule has 136 valence electrons. The van der Waals surface area contributed by atoms with Gasteiger partial charge in [0, 0.05) is 24.5 Å². The summed E-state index contributed by atoms with van der Waals surface area (Å²) < 4.78 is 0. The van der Waals surface area contributed by atoms with E-state index in [-0.39, 0.29) is 0 Å². The van der Waals surface area contributed by atoms with Crippen molar-refractivity contribution in [3.63, 3.8) is 0 Å². The van der Waals surface area contributed by atoms with Crippen LogP contribution in [0.5, 0.6) is 0 Å². The van der Waals surface area contributed by atoms with Crippen LogP contribution in [0.2, 0.25) is 0 Å². The lowest BCUT2D eigenvalue weighted by Gasteiger charge is -2.23. The van der Waals surface area contributed by atoms with E-state index in [2.05, 4.69) is 42.3 Å². The monoisotopic (exact) mass is 370 g/mol. The van der Waals surface area contributed by atoms with Gasteiger partial charge in [0.15, 0.2) is 0 Å². The molecule has 0 saturated carbocycles. The van der Waals surface area contributed by atoms with Crippen LogP contribution in [0.3, 0.4) is 0 Å². The fourth-order valence-electron chi connectivity index (χ4n) is 3.32. The summed E-state index contributed by atoms with van der Waals surface area (Å²) in [6.45, 7) is 5.92. The molecule has 0 spiro atoms. The van der Waals surface area contributed by atoms with Crippen LogP contribution in [-0.4, -0.2) is 41.6 Å². The summed E-state index contributed by atoms with van der Waals surface area (Å²) in [5, 5.41) is 13.4. The predicted molar refractivity (Wildman–Crippen MR) is 100 cm³/mol. The zero-order valence-corrected chi connectivity index (χ0v) is 15.8. The van der Waals surface area contributed by atoms with Gasteiger partial charge in [-0.25, -0.2) is 15.0 Å². The third-order valence-electron chi connectivity index (χ3n) is 4.50. The van der Waals surface area contributed by atoms with E-state index in [1.165, 1.54) is 6.42 Å². The van der Waals surface area contributed by atoms with E-state index in [0.29, 0.717) is 6.04 Å². The fourth-order valence-corrected chi connectivity index (χ4v) is 4.01. The lowest BCUT2D eigenvalue weighted by molar-refractivity contribution is 0.241. The zero-order chi connectivity index (χ0) is 17.9. The van der Waals surface area contributed by atoms with Gasteiger partial charge in [-0.3, -0.25) is 4.90 Å². The second-order valence-corrected chi connectivity index (χ2v) is 7.47. The van der Waals surface area contributed by atoms with Crippen molar-refractivity contribution >= 4 is 22.3 Å². The first-order chi connectivity index (χ1) is 12.7.